The first-order valence-electron chi connectivity index (χ1n) is 15.1. The van der Waals surface area contributed by atoms with Gasteiger partial charge in [0, 0.05) is 56.3 Å². The van der Waals surface area contributed by atoms with E-state index in [0.717, 1.165) is 42.9 Å². The summed E-state index contributed by atoms with van der Waals surface area (Å²) in [6.07, 6.45) is 1.90. The predicted molar refractivity (Wildman–Crippen MR) is 161 cm³/mol. The molecule has 0 unspecified atom stereocenters. The van der Waals surface area contributed by atoms with Gasteiger partial charge in [-0.25, -0.2) is 4.39 Å². The van der Waals surface area contributed by atoms with E-state index in [1.807, 2.05) is 31.2 Å². The van der Waals surface area contributed by atoms with Crippen LogP contribution in [0.5, 0.6) is 11.5 Å². The van der Waals surface area contributed by atoms with E-state index in [-0.39, 0.29) is 42.5 Å². The van der Waals surface area contributed by atoms with Crippen LogP contribution in [-0.4, -0.2) is 75.7 Å². The van der Waals surface area contributed by atoms with Crippen LogP contribution in [0.2, 0.25) is 0 Å². The number of aliphatic hydroxyl groups is 1. The molecule has 0 radical (unpaired) electrons. The molecular formula is C33H40FN5O4. The van der Waals surface area contributed by atoms with E-state index in [4.69, 9.17) is 4.74 Å². The summed E-state index contributed by atoms with van der Waals surface area (Å²) in [5.74, 6) is 0.203. The highest BCUT2D eigenvalue weighted by atomic mass is 19.1. The van der Waals surface area contributed by atoms with Crippen molar-refractivity contribution in [2.45, 2.75) is 58.5 Å². The summed E-state index contributed by atoms with van der Waals surface area (Å²) in [4.78, 5) is 29.6. The van der Waals surface area contributed by atoms with Gasteiger partial charge in [-0.3, -0.25) is 9.59 Å². The first-order chi connectivity index (χ1) is 20.7. The molecule has 1 atom stereocenters. The van der Waals surface area contributed by atoms with Crippen LogP contribution in [0, 0.1) is 11.7 Å². The number of piperidine rings is 1. The average Bonchev–Trinajstić information content (AvgIpc) is 3.31. The summed E-state index contributed by atoms with van der Waals surface area (Å²) >= 11 is 0. The zero-order chi connectivity index (χ0) is 30.5. The van der Waals surface area contributed by atoms with Gasteiger partial charge < -0.3 is 25.0 Å². The molecule has 5 rings (SSSR count). The van der Waals surface area contributed by atoms with Gasteiger partial charge in [0.05, 0.1) is 23.6 Å². The monoisotopic (exact) mass is 589 g/mol. The molecule has 10 heteroatoms. The van der Waals surface area contributed by atoms with Crippen LogP contribution < -0.4 is 10.1 Å². The van der Waals surface area contributed by atoms with Crippen LogP contribution in [0.3, 0.4) is 0 Å². The lowest BCUT2D eigenvalue weighted by Crippen LogP contribution is -2.45. The molecule has 2 aliphatic rings. The third-order valence-corrected chi connectivity index (χ3v) is 8.16. The van der Waals surface area contributed by atoms with E-state index < -0.39 is 11.7 Å². The van der Waals surface area contributed by atoms with Crippen molar-refractivity contribution in [3.05, 3.63) is 71.2 Å². The van der Waals surface area contributed by atoms with Gasteiger partial charge in [0.1, 0.15) is 17.3 Å². The van der Waals surface area contributed by atoms with E-state index >= 15 is 4.39 Å². The fourth-order valence-electron chi connectivity index (χ4n) is 5.65. The number of ether oxygens (including phenoxy) is 1. The van der Waals surface area contributed by atoms with Crippen LogP contribution in [0.25, 0.3) is 11.3 Å². The molecule has 3 aromatic rings. The maximum atomic E-state index is 15.4. The Morgan fingerprint density at radius 3 is 2.47 bits per heavy atom. The number of rotatable bonds is 10. The van der Waals surface area contributed by atoms with Gasteiger partial charge in [-0.2, -0.15) is 10.2 Å². The molecule has 2 fully saturated rings. The number of halogens is 1. The maximum Gasteiger partial charge on any atom is 0.254 e. The van der Waals surface area contributed by atoms with Gasteiger partial charge in [0.25, 0.3) is 5.91 Å². The molecule has 2 saturated heterocycles. The van der Waals surface area contributed by atoms with E-state index in [1.165, 1.54) is 12.1 Å². The van der Waals surface area contributed by atoms with E-state index in [0.29, 0.717) is 36.6 Å². The highest BCUT2D eigenvalue weighted by Crippen LogP contribution is 2.32. The normalized spacial score (nSPS) is 18.0. The Labute approximate surface area is 252 Å². The highest BCUT2D eigenvalue weighted by Gasteiger charge is 2.29. The summed E-state index contributed by atoms with van der Waals surface area (Å²) in [5.41, 5.74) is 2.92. The van der Waals surface area contributed by atoms with Crippen molar-refractivity contribution in [2.75, 3.05) is 32.8 Å². The molecule has 0 saturated carbocycles. The van der Waals surface area contributed by atoms with Crippen LogP contribution in [0.4, 0.5) is 4.39 Å². The molecule has 228 valence electrons. The molecule has 3 heterocycles. The first-order valence-corrected chi connectivity index (χ1v) is 15.1. The lowest BCUT2D eigenvalue weighted by molar-refractivity contribution is -0.128. The summed E-state index contributed by atoms with van der Waals surface area (Å²) in [5, 5.41) is 20.8. The lowest BCUT2D eigenvalue weighted by atomic mass is 10.0. The SMILES string of the molecule is CC(C)c1ccc(-c2ccc(Oc3cc(C(=O)NC4CCN(CCO)CC4)c(F)cc3CN3C[C@@H](C)CC3=O)cc2)nn1. The Bertz CT molecular complexity index is 1420. The third-order valence-electron chi connectivity index (χ3n) is 8.16. The molecule has 0 spiro atoms. The number of amides is 2. The number of hydrogen-bond donors (Lipinski definition) is 2. The molecule has 2 amide bonds. The molecule has 2 aromatic carbocycles. The van der Waals surface area contributed by atoms with Gasteiger partial charge in [-0.1, -0.05) is 20.8 Å². The second-order valence-electron chi connectivity index (χ2n) is 12.0. The number of aliphatic hydroxyl groups excluding tert-OH is 1. The fraction of sp³-hybridized carbons (Fsp3) is 0.455. The summed E-state index contributed by atoms with van der Waals surface area (Å²) in [7, 11) is 0. The number of carbonyl (C=O) groups excluding carboxylic acids is 2. The average molecular weight is 590 g/mol. The lowest BCUT2D eigenvalue weighted by Gasteiger charge is -2.31. The number of likely N-dealkylation sites (tertiary alicyclic amines) is 2. The van der Waals surface area contributed by atoms with Gasteiger partial charge in [-0.15, -0.1) is 0 Å². The standard InChI is InChI=1S/C33H40FN5O4/c1-21(2)29-8-9-30(37-36-29)23-4-6-26(7-5-23)43-31-18-27(33(42)35-25-10-12-38(13-11-25)14-15-40)28(34)17-24(31)20-39-19-22(3)16-32(39)41/h4-9,17-18,21-22,25,40H,10-16,19-20H2,1-3H3,(H,35,42)/t22-/m0/s1. The minimum absolute atomic E-state index is 0.0159. The summed E-state index contributed by atoms with van der Waals surface area (Å²) in [6, 6.07) is 13.9. The number of carbonyl (C=O) groups is 2. The van der Waals surface area contributed by atoms with Crippen LogP contribution >= 0.6 is 0 Å². The molecule has 0 aliphatic carbocycles. The van der Waals surface area contributed by atoms with Crippen molar-refractivity contribution >= 4 is 11.8 Å². The number of aromatic nitrogens is 2. The number of nitrogens with one attached hydrogen (secondary N) is 1. The topological polar surface area (TPSA) is 108 Å². The summed E-state index contributed by atoms with van der Waals surface area (Å²) in [6.45, 7) is 9.14. The van der Waals surface area contributed by atoms with Crippen molar-refractivity contribution in [1.29, 1.82) is 0 Å². The van der Waals surface area contributed by atoms with Crippen molar-refractivity contribution in [1.82, 2.24) is 25.3 Å². The summed E-state index contributed by atoms with van der Waals surface area (Å²) < 4.78 is 21.7. The third kappa shape index (κ3) is 7.55. The Balaban J connectivity index is 1.36. The molecule has 2 N–H and O–H groups in total. The Morgan fingerprint density at radius 1 is 1.12 bits per heavy atom. The molecule has 9 nitrogen and oxygen atoms in total. The van der Waals surface area contributed by atoms with Gasteiger partial charge in [0.2, 0.25) is 5.91 Å². The minimum atomic E-state index is -0.656. The van der Waals surface area contributed by atoms with E-state index in [2.05, 4.69) is 34.3 Å². The van der Waals surface area contributed by atoms with Crippen LogP contribution in [-0.2, 0) is 11.3 Å². The molecule has 0 bridgehead atoms. The van der Waals surface area contributed by atoms with Crippen LogP contribution in [0.15, 0.2) is 48.5 Å². The smallest absolute Gasteiger partial charge is 0.254 e. The van der Waals surface area contributed by atoms with Crippen molar-refractivity contribution < 1.29 is 23.8 Å². The number of β-amino-alcohol motifs (C(OH)–C–C–N with tert-alkyl or cyclic N) is 1. The largest absolute Gasteiger partial charge is 0.457 e. The number of benzene rings is 2. The Morgan fingerprint density at radius 2 is 1.86 bits per heavy atom. The number of nitrogens with zero attached hydrogens (tertiary/aromatic N) is 4. The molecular weight excluding hydrogens is 549 g/mol. The second kappa shape index (κ2) is 13.6. The predicted octanol–water partition coefficient (Wildman–Crippen LogP) is 4.75. The fourth-order valence-corrected chi connectivity index (χ4v) is 5.65. The van der Waals surface area contributed by atoms with Crippen molar-refractivity contribution in [3.8, 4) is 22.8 Å². The van der Waals surface area contributed by atoms with Crippen molar-refractivity contribution in [2.24, 2.45) is 5.92 Å². The van der Waals surface area contributed by atoms with Crippen molar-refractivity contribution in [3.63, 3.8) is 0 Å². The maximum absolute atomic E-state index is 15.4. The second-order valence-corrected chi connectivity index (χ2v) is 12.0. The first kappa shape index (κ1) is 30.6. The molecule has 43 heavy (non-hydrogen) atoms. The van der Waals surface area contributed by atoms with Gasteiger partial charge in [-0.05, 0) is 73.2 Å². The molecule has 1 aromatic heterocycles. The zero-order valence-electron chi connectivity index (χ0n) is 25.1. The Kier molecular flexibility index (Phi) is 9.67. The number of hydrogen-bond acceptors (Lipinski definition) is 7. The Hall–Kier alpha value is -3.89. The van der Waals surface area contributed by atoms with Gasteiger partial charge >= 0.3 is 0 Å². The van der Waals surface area contributed by atoms with Crippen LogP contribution in [0.1, 0.15) is 67.6 Å². The van der Waals surface area contributed by atoms with E-state index in [1.54, 1.807) is 17.0 Å². The van der Waals surface area contributed by atoms with E-state index in [9.17, 15) is 14.7 Å². The zero-order valence-corrected chi connectivity index (χ0v) is 25.1. The highest BCUT2D eigenvalue weighted by molar-refractivity contribution is 5.95. The molecule has 2 aliphatic heterocycles. The van der Waals surface area contributed by atoms with Gasteiger partial charge in [0.15, 0.2) is 0 Å². The quantitative estimate of drug-likeness (QED) is 0.351. The minimum Gasteiger partial charge on any atom is -0.457 e.